The van der Waals surface area contributed by atoms with Gasteiger partial charge in [-0.1, -0.05) is 29.8 Å². The van der Waals surface area contributed by atoms with Crippen molar-refractivity contribution in [2.24, 2.45) is 0 Å². The second-order valence-electron chi connectivity index (χ2n) is 6.89. The lowest BCUT2D eigenvalue weighted by atomic mass is 10.1. The Kier molecular flexibility index (Phi) is 6.32. The number of aryl methyl sites for hydroxylation is 1. The van der Waals surface area contributed by atoms with Crippen LogP contribution in [0.25, 0.3) is 0 Å². The van der Waals surface area contributed by atoms with Crippen molar-refractivity contribution >= 4 is 23.2 Å². The largest absolute Gasteiger partial charge is 0.495 e. The molecule has 2 aromatic carbocycles. The van der Waals surface area contributed by atoms with E-state index in [1.54, 1.807) is 30.5 Å². The fourth-order valence-corrected chi connectivity index (χ4v) is 3.12. The summed E-state index contributed by atoms with van der Waals surface area (Å²) in [6.07, 6.45) is 1.65. The van der Waals surface area contributed by atoms with Gasteiger partial charge < -0.3 is 19.9 Å². The molecule has 3 aromatic rings. The average Bonchev–Trinajstić information content (AvgIpc) is 2.69. The van der Waals surface area contributed by atoms with Crippen LogP contribution in [0.5, 0.6) is 5.75 Å². The molecule has 3 rings (SSSR count). The van der Waals surface area contributed by atoms with Crippen LogP contribution < -0.4 is 20.9 Å². The first-order chi connectivity index (χ1) is 14.4. The SMILES string of the molecule is COc1ccc(NC(C)=O)cc1NC(=O)c1cccn(Cc2cccc(C)c2)c1=O. The quantitative estimate of drug-likeness (QED) is 0.658. The molecule has 0 saturated heterocycles. The van der Waals surface area contributed by atoms with Crippen molar-refractivity contribution in [1.82, 2.24) is 4.57 Å². The minimum Gasteiger partial charge on any atom is -0.495 e. The summed E-state index contributed by atoms with van der Waals surface area (Å²) in [5, 5.41) is 5.35. The number of carbonyl (C=O) groups is 2. The molecule has 0 bridgehead atoms. The Hall–Kier alpha value is -3.87. The maximum Gasteiger partial charge on any atom is 0.263 e. The van der Waals surface area contributed by atoms with E-state index in [4.69, 9.17) is 4.74 Å². The molecule has 0 spiro atoms. The van der Waals surface area contributed by atoms with Gasteiger partial charge in [0.25, 0.3) is 11.5 Å². The lowest BCUT2D eigenvalue weighted by Crippen LogP contribution is -2.29. The van der Waals surface area contributed by atoms with Gasteiger partial charge in [0.15, 0.2) is 0 Å². The number of hydrogen-bond donors (Lipinski definition) is 2. The first kappa shape index (κ1) is 20.9. The number of carbonyl (C=O) groups excluding carboxylic acids is 2. The molecule has 0 fully saturated rings. The highest BCUT2D eigenvalue weighted by atomic mass is 16.5. The summed E-state index contributed by atoms with van der Waals surface area (Å²) in [7, 11) is 1.47. The van der Waals surface area contributed by atoms with Crippen LogP contribution in [0.2, 0.25) is 0 Å². The Labute approximate surface area is 174 Å². The van der Waals surface area contributed by atoms with Crippen molar-refractivity contribution in [3.63, 3.8) is 0 Å². The highest BCUT2D eigenvalue weighted by Crippen LogP contribution is 2.28. The number of nitrogens with zero attached hydrogens (tertiary/aromatic N) is 1. The predicted octanol–water partition coefficient (Wildman–Crippen LogP) is 3.42. The van der Waals surface area contributed by atoms with E-state index in [0.29, 0.717) is 23.7 Å². The summed E-state index contributed by atoms with van der Waals surface area (Å²) < 4.78 is 6.77. The topological polar surface area (TPSA) is 89.4 Å². The van der Waals surface area contributed by atoms with Crippen LogP contribution in [-0.2, 0) is 11.3 Å². The third-order valence-corrected chi connectivity index (χ3v) is 4.47. The summed E-state index contributed by atoms with van der Waals surface area (Å²) in [6.45, 7) is 3.74. The first-order valence-electron chi connectivity index (χ1n) is 9.39. The van der Waals surface area contributed by atoms with Crippen LogP contribution in [0.1, 0.15) is 28.4 Å². The molecule has 7 nitrogen and oxygen atoms in total. The van der Waals surface area contributed by atoms with Crippen molar-refractivity contribution in [3.8, 4) is 5.75 Å². The van der Waals surface area contributed by atoms with Crippen molar-refractivity contribution in [2.45, 2.75) is 20.4 Å². The number of pyridine rings is 1. The molecule has 0 atom stereocenters. The predicted molar refractivity (Wildman–Crippen MR) is 116 cm³/mol. The number of amides is 2. The van der Waals surface area contributed by atoms with E-state index in [-0.39, 0.29) is 11.5 Å². The van der Waals surface area contributed by atoms with E-state index in [1.165, 1.54) is 24.7 Å². The van der Waals surface area contributed by atoms with E-state index in [1.807, 2.05) is 31.2 Å². The third kappa shape index (κ3) is 4.94. The fourth-order valence-electron chi connectivity index (χ4n) is 3.12. The molecule has 0 unspecified atom stereocenters. The molecule has 30 heavy (non-hydrogen) atoms. The van der Waals surface area contributed by atoms with Gasteiger partial charge in [-0.3, -0.25) is 14.4 Å². The zero-order valence-corrected chi connectivity index (χ0v) is 17.1. The Bertz CT molecular complexity index is 1150. The highest BCUT2D eigenvalue weighted by Gasteiger charge is 2.15. The molecular formula is C23H23N3O4. The molecule has 0 radical (unpaired) electrons. The van der Waals surface area contributed by atoms with Crippen molar-refractivity contribution in [2.75, 3.05) is 17.7 Å². The zero-order valence-electron chi connectivity index (χ0n) is 17.1. The van der Waals surface area contributed by atoms with Crippen LogP contribution >= 0.6 is 0 Å². The van der Waals surface area contributed by atoms with Crippen molar-refractivity contribution < 1.29 is 14.3 Å². The molecule has 154 valence electrons. The minimum absolute atomic E-state index is 0.0112. The number of ether oxygens (including phenoxy) is 1. The number of nitrogens with one attached hydrogen (secondary N) is 2. The monoisotopic (exact) mass is 405 g/mol. The minimum atomic E-state index is -0.558. The van der Waals surface area contributed by atoms with E-state index < -0.39 is 11.5 Å². The Morgan fingerprint density at radius 1 is 1.03 bits per heavy atom. The van der Waals surface area contributed by atoms with Gasteiger partial charge in [-0.2, -0.15) is 0 Å². The summed E-state index contributed by atoms with van der Waals surface area (Å²) in [6, 6.07) is 15.9. The van der Waals surface area contributed by atoms with Crippen LogP contribution in [0.15, 0.2) is 65.6 Å². The van der Waals surface area contributed by atoms with E-state index in [9.17, 15) is 14.4 Å². The summed E-state index contributed by atoms with van der Waals surface area (Å²) in [5.41, 5.74) is 2.54. The lowest BCUT2D eigenvalue weighted by Gasteiger charge is -2.13. The number of aromatic nitrogens is 1. The highest BCUT2D eigenvalue weighted by molar-refractivity contribution is 6.05. The smallest absolute Gasteiger partial charge is 0.263 e. The molecule has 0 aliphatic heterocycles. The number of benzene rings is 2. The molecule has 7 heteroatoms. The second-order valence-corrected chi connectivity index (χ2v) is 6.89. The zero-order chi connectivity index (χ0) is 21.7. The number of hydrogen-bond acceptors (Lipinski definition) is 4. The molecule has 0 saturated carbocycles. The molecule has 0 aliphatic carbocycles. The Morgan fingerprint density at radius 3 is 2.53 bits per heavy atom. The first-order valence-corrected chi connectivity index (χ1v) is 9.39. The van der Waals surface area contributed by atoms with Crippen molar-refractivity contribution in [3.05, 3.63) is 87.8 Å². The van der Waals surface area contributed by atoms with E-state index >= 15 is 0 Å². The maximum atomic E-state index is 12.9. The van der Waals surface area contributed by atoms with Crippen molar-refractivity contribution in [1.29, 1.82) is 0 Å². The molecule has 0 aliphatic rings. The Morgan fingerprint density at radius 2 is 1.83 bits per heavy atom. The normalized spacial score (nSPS) is 10.4. The van der Waals surface area contributed by atoms with Crippen LogP contribution in [0, 0.1) is 6.92 Å². The lowest BCUT2D eigenvalue weighted by molar-refractivity contribution is -0.114. The summed E-state index contributed by atoms with van der Waals surface area (Å²) in [5.74, 6) is -0.384. The van der Waals surface area contributed by atoms with Crippen LogP contribution in [0.3, 0.4) is 0 Å². The van der Waals surface area contributed by atoms with E-state index in [2.05, 4.69) is 10.6 Å². The summed E-state index contributed by atoms with van der Waals surface area (Å²) >= 11 is 0. The van der Waals surface area contributed by atoms with Gasteiger partial charge in [-0.05, 0) is 42.8 Å². The van der Waals surface area contributed by atoms with Gasteiger partial charge in [0.1, 0.15) is 11.3 Å². The van der Waals surface area contributed by atoms with Gasteiger partial charge in [0, 0.05) is 18.8 Å². The average molecular weight is 405 g/mol. The second kappa shape index (κ2) is 9.09. The van der Waals surface area contributed by atoms with Gasteiger partial charge in [0.05, 0.1) is 19.3 Å². The molecule has 1 aromatic heterocycles. The number of anilines is 2. The van der Waals surface area contributed by atoms with Crippen LogP contribution in [-0.4, -0.2) is 23.5 Å². The molecule has 2 amide bonds. The van der Waals surface area contributed by atoms with Gasteiger partial charge >= 0.3 is 0 Å². The number of methoxy groups -OCH3 is 1. The standard InChI is InChI=1S/C23H23N3O4/c1-15-6-4-7-17(12-15)14-26-11-5-8-19(23(26)29)22(28)25-20-13-18(24-16(2)27)9-10-21(20)30-3/h4-13H,14H2,1-3H3,(H,24,27)(H,25,28). The van der Waals surface area contributed by atoms with Crippen LogP contribution in [0.4, 0.5) is 11.4 Å². The molecule has 2 N–H and O–H groups in total. The number of rotatable bonds is 6. The summed E-state index contributed by atoms with van der Waals surface area (Å²) in [4.78, 5) is 37.0. The maximum absolute atomic E-state index is 12.9. The van der Waals surface area contributed by atoms with Gasteiger partial charge in [0.2, 0.25) is 5.91 Å². The van der Waals surface area contributed by atoms with Gasteiger partial charge in [-0.15, -0.1) is 0 Å². The van der Waals surface area contributed by atoms with Gasteiger partial charge in [-0.25, -0.2) is 0 Å². The molecular weight excluding hydrogens is 382 g/mol. The third-order valence-electron chi connectivity index (χ3n) is 4.47. The molecule has 1 heterocycles. The fraction of sp³-hybridized carbons (Fsp3) is 0.174. The van der Waals surface area contributed by atoms with E-state index in [0.717, 1.165) is 11.1 Å². The Balaban J connectivity index is 1.87.